The molecule has 0 bridgehead atoms. The van der Waals surface area contributed by atoms with Gasteiger partial charge in [0.2, 0.25) is 5.95 Å². The number of nitrogens with two attached hydrogens (primary N) is 1. The number of halogens is 1. The van der Waals surface area contributed by atoms with Gasteiger partial charge in [-0.15, -0.1) is 0 Å². The molecule has 1 amide bonds. The molecule has 0 saturated carbocycles. The van der Waals surface area contributed by atoms with Gasteiger partial charge in [-0.25, -0.2) is 14.4 Å². The maximum absolute atomic E-state index is 13.9. The number of nitrogen functional groups attached to an aromatic ring is 1. The van der Waals surface area contributed by atoms with Gasteiger partial charge in [0, 0.05) is 48.2 Å². The lowest BCUT2D eigenvalue weighted by Crippen LogP contribution is -2.36. The summed E-state index contributed by atoms with van der Waals surface area (Å²) in [5.41, 5.74) is 9.63. The third-order valence-electron chi connectivity index (χ3n) is 6.41. The molecule has 1 fully saturated rings. The Morgan fingerprint density at radius 3 is 2.70 bits per heavy atom. The number of ether oxygens (including phenoxy) is 1. The highest BCUT2D eigenvalue weighted by Gasteiger charge is 2.18. The molecule has 1 saturated heterocycles. The van der Waals surface area contributed by atoms with Crippen molar-refractivity contribution in [3.05, 3.63) is 69.6 Å². The molecule has 5 rings (SSSR count). The van der Waals surface area contributed by atoms with Crippen LogP contribution in [0.3, 0.4) is 0 Å². The van der Waals surface area contributed by atoms with Crippen LogP contribution in [-0.4, -0.2) is 51.7 Å². The van der Waals surface area contributed by atoms with Crippen molar-refractivity contribution >= 4 is 34.4 Å². The van der Waals surface area contributed by atoms with Crippen molar-refractivity contribution in [3.8, 4) is 11.3 Å². The van der Waals surface area contributed by atoms with Crippen molar-refractivity contribution < 1.29 is 13.9 Å². The third kappa shape index (κ3) is 4.73. The molecule has 4 aromatic rings. The molecule has 1 aliphatic heterocycles. The zero-order valence-electron chi connectivity index (χ0n) is 20.5. The quantitative estimate of drug-likeness (QED) is 0.426. The van der Waals surface area contributed by atoms with E-state index in [1.165, 1.54) is 10.8 Å². The zero-order chi connectivity index (χ0) is 26.1. The Hall–Kier alpha value is -4.38. The number of hydrogen-bond acceptors (Lipinski definition) is 8. The van der Waals surface area contributed by atoms with E-state index in [0.717, 1.165) is 11.3 Å². The van der Waals surface area contributed by atoms with Crippen molar-refractivity contribution in [2.24, 2.45) is 7.05 Å². The minimum Gasteiger partial charge on any atom is -0.378 e. The molecule has 11 heteroatoms. The summed E-state index contributed by atoms with van der Waals surface area (Å²) in [4.78, 5) is 40.8. The summed E-state index contributed by atoms with van der Waals surface area (Å²) in [6.07, 6.45) is 1.46. The summed E-state index contributed by atoms with van der Waals surface area (Å²) in [7, 11) is 1.59. The lowest BCUT2D eigenvalue weighted by Gasteiger charge is -2.30. The van der Waals surface area contributed by atoms with E-state index >= 15 is 0 Å². The first-order chi connectivity index (χ1) is 17.9. The number of aromatic nitrogens is 4. The van der Waals surface area contributed by atoms with Crippen LogP contribution in [0.4, 0.5) is 21.7 Å². The summed E-state index contributed by atoms with van der Waals surface area (Å²) >= 11 is 0. The smallest absolute Gasteiger partial charge is 0.278 e. The predicted molar refractivity (Wildman–Crippen MR) is 139 cm³/mol. The number of rotatable bonds is 5. The van der Waals surface area contributed by atoms with Crippen molar-refractivity contribution in [1.29, 1.82) is 0 Å². The van der Waals surface area contributed by atoms with Crippen LogP contribution >= 0.6 is 0 Å². The Bertz CT molecular complexity index is 1560. The fraction of sp³-hybridized carbons (Fsp3) is 0.269. The van der Waals surface area contributed by atoms with Crippen molar-refractivity contribution in [2.45, 2.75) is 13.6 Å². The second-order valence-corrected chi connectivity index (χ2v) is 8.82. The average Bonchev–Trinajstić information content (AvgIpc) is 2.92. The van der Waals surface area contributed by atoms with E-state index in [4.69, 9.17) is 10.5 Å². The monoisotopic (exact) mass is 503 g/mol. The minimum absolute atomic E-state index is 0.0480. The number of aryl methyl sites for hydroxylation is 2. The highest BCUT2D eigenvalue weighted by atomic mass is 19.1. The molecule has 37 heavy (non-hydrogen) atoms. The van der Waals surface area contributed by atoms with Gasteiger partial charge < -0.3 is 20.7 Å². The molecule has 0 radical (unpaired) electrons. The molecule has 0 spiro atoms. The fourth-order valence-corrected chi connectivity index (χ4v) is 4.41. The normalized spacial score (nSPS) is 13.6. The molecule has 190 valence electrons. The van der Waals surface area contributed by atoms with Crippen LogP contribution in [-0.2, 0) is 18.5 Å². The highest BCUT2D eigenvalue weighted by Crippen LogP contribution is 2.27. The standard InChI is InChI=1S/C26H26FN7O3/c1-15-3-5-18(12-19(15)22-25(36)33(2)23-20(31-22)14-29-26(28)32-23)30-24(35)16-4-6-21(17(11-16)13-27)34-7-9-37-10-8-34/h3-6,11-12,14H,7-10,13H2,1-2H3,(H,30,35)(H2,28,29,32). The largest absolute Gasteiger partial charge is 0.378 e. The summed E-state index contributed by atoms with van der Waals surface area (Å²) in [5, 5.41) is 2.85. The van der Waals surface area contributed by atoms with Gasteiger partial charge in [0.1, 0.15) is 17.9 Å². The number of hydrogen-bond donors (Lipinski definition) is 2. The molecule has 0 atom stereocenters. The van der Waals surface area contributed by atoms with Crippen LogP contribution in [0.2, 0.25) is 0 Å². The lowest BCUT2D eigenvalue weighted by atomic mass is 10.0. The van der Waals surface area contributed by atoms with Gasteiger partial charge in [-0.2, -0.15) is 4.98 Å². The highest BCUT2D eigenvalue weighted by molar-refractivity contribution is 6.05. The van der Waals surface area contributed by atoms with Crippen LogP contribution in [0.5, 0.6) is 0 Å². The molecule has 2 aromatic carbocycles. The molecule has 0 aliphatic carbocycles. The number of carbonyl (C=O) groups is 1. The van der Waals surface area contributed by atoms with Gasteiger partial charge >= 0.3 is 0 Å². The first-order valence-corrected chi connectivity index (χ1v) is 11.8. The first-order valence-electron chi connectivity index (χ1n) is 11.8. The Labute approximate surface area is 211 Å². The third-order valence-corrected chi connectivity index (χ3v) is 6.41. The molecule has 3 heterocycles. The van der Waals surface area contributed by atoms with E-state index in [1.807, 2.05) is 6.92 Å². The second-order valence-electron chi connectivity index (χ2n) is 8.82. The Balaban J connectivity index is 1.45. The summed E-state index contributed by atoms with van der Waals surface area (Å²) in [5.74, 6) is -0.340. The Morgan fingerprint density at radius 2 is 1.95 bits per heavy atom. The van der Waals surface area contributed by atoms with Crippen LogP contribution in [0.1, 0.15) is 21.5 Å². The number of anilines is 3. The average molecular weight is 504 g/mol. The van der Waals surface area contributed by atoms with E-state index in [-0.39, 0.29) is 23.1 Å². The Morgan fingerprint density at radius 1 is 1.16 bits per heavy atom. The van der Waals surface area contributed by atoms with Gasteiger partial charge in [0.15, 0.2) is 5.65 Å². The van der Waals surface area contributed by atoms with E-state index in [9.17, 15) is 14.0 Å². The van der Waals surface area contributed by atoms with Gasteiger partial charge in [0.25, 0.3) is 11.5 Å². The maximum atomic E-state index is 13.9. The molecule has 0 unspecified atom stereocenters. The van der Waals surface area contributed by atoms with Crippen LogP contribution in [0.15, 0.2) is 47.4 Å². The molecular weight excluding hydrogens is 477 g/mol. The zero-order valence-corrected chi connectivity index (χ0v) is 20.5. The van der Waals surface area contributed by atoms with E-state index in [1.54, 1.807) is 43.4 Å². The predicted octanol–water partition coefficient (Wildman–Crippen LogP) is 2.84. The van der Waals surface area contributed by atoms with E-state index in [2.05, 4.69) is 25.2 Å². The lowest BCUT2D eigenvalue weighted by molar-refractivity contribution is 0.102. The molecule has 10 nitrogen and oxygen atoms in total. The second kappa shape index (κ2) is 9.94. The summed E-state index contributed by atoms with van der Waals surface area (Å²) in [6.45, 7) is 3.68. The number of alkyl halides is 1. The van der Waals surface area contributed by atoms with E-state index in [0.29, 0.717) is 59.8 Å². The van der Waals surface area contributed by atoms with Gasteiger partial charge in [-0.1, -0.05) is 6.07 Å². The topological polar surface area (TPSA) is 128 Å². The number of carbonyl (C=O) groups excluding carboxylic acids is 1. The van der Waals surface area contributed by atoms with E-state index < -0.39 is 6.67 Å². The molecule has 1 aliphatic rings. The molecule has 2 aromatic heterocycles. The van der Waals surface area contributed by atoms with Crippen LogP contribution in [0, 0.1) is 6.92 Å². The number of morpholine rings is 1. The maximum Gasteiger partial charge on any atom is 0.278 e. The fourth-order valence-electron chi connectivity index (χ4n) is 4.41. The summed E-state index contributed by atoms with van der Waals surface area (Å²) in [6, 6.07) is 10.3. The number of amides is 1. The van der Waals surface area contributed by atoms with Crippen molar-refractivity contribution in [2.75, 3.05) is 42.3 Å². The van der Waals surface area contributed by atoms with Gasteiger partial charge in [-0.3, -0.25) is 14.2 Å². The van der Waals surface area contributed by atoms with Gasteiger partial charge in [-0.05, 0) is 42.8 Å². The molecule has 3 N–H and O–H groups in total. The minimum atomic E-state index is -0.686. The summed E-state index contributed by atoms with van der Waals surface area (Å²) < 4.78 is 20.6. The SMILES string of the molecule is Cc1ccc(NC(=O)c2ccc(N3CCOCC3)c(CF)c2)cc1-c1nc2cnc(N)nc2n(C)c1=O. The number of nitrogens with one attached hydrogen (secondary N) is 1. The molecular formula is C26H26FN7O3. The van der Waals surface area contributed by atoms with Crippen molar-refractivity contribution in [1.82, 2.24) is 19.5 Å². The number of nitrogens with zero attached hydrogens (tertiary/aromatic N) is 5. The number of fused-ring (bicyclic) bond motifs is 1. The first kappa shape index (κ1) is 24.3. The van der Waals surface area contributed by atoms with Crippen LogP contribution in [0.25, 0.3) is 22.4 Å². The Kier molecular flexibility index (Phi) is 6.53. The number of benzene rings is 2. The van der Waals surface area contributed by atoms with Crippen molar-refractivity contribution in [3.63, 3.8) is 0 Å². The van der Waals surface area contributed by atoms with Crippen LogP contribution < -0.4 is 21.5 Å². The van der Waals surface area contributed by atoms with Gasteiger partial charge in [0.05, 0.1) is 19.4 Å².